The second-order valence-corrected chi connectivity index (χ2v) is 3.77. The standard InChI is InChI=1S/C10H17N3O/c1-2-11-9-3-5-13(7-9)8-10-4-6-14-12-10/h4,6,9,11H,2-3,5,7-8H2,1H3. The summed E-state index contributed by atoms with van der Waals surface area (Å²) < 4.78 is 4.81. The Bertz CT molecular complexity index is 260. The number of hydrogen-bond donors (Lipinski definition) is 1. The van der Waals surface area contributed by atoms with E-state index in [9.17, 15) is 0 Å². The van der Waals surface area contributed by atoms with Crippen molar-refractivity contribution in [3.63, 3.8) is 0 Å². The highest BCUT2D eigenvalue weighted by molar-refractivity contribution is 4.96. The van der Waals surface area contributed by atoms with Gasteiger partial charge < -0.3 is 9.84 Å². The summed E-state index contributed by atoms with van der Waals surface area (Å²) in [6.45, 7) is 6.41. The molecular formula is C10H17N3O. The fraction of sp³-hybridized carbons (Fsp3) is 0.700. The highest BCUT2D eigenvalue weighted by Crippen LogP contribution is 2.12. The zero-order valence-corrected chi connectivity index (χ0v) is 8.57. The molecule has 14 heavy (non-hydrogen) atoms. The molecule has 4 heteroatoms. The molecule has 0 bridgehead atoms. The van der Waals surface area contributed by atoms with Crippen molar-refractivity contribution in [2.45, 2.75) is 25.9 Å². The molecule has 1 atom stereocenters. The molecule has 1 aromatic rings. The van der Waals surface area contributed by atoms with E-state index in [1.807, 2.05) is 6.07 Å². The summed E-state index contributed by atoms with van der Waals surface area (Å²) in [6, 6.07) is 2.59. The van der Waals surface area contributed by atoms with Gasteiger partial charge in [-0.25, -0.2) is 0 Å². The van der Waals surface area contributed by atoms with Gasteiger partial charge in [0.25, 0.3) is 0 Å². The molecule has 1 fully saturated rings. The van der Waals surface area contributed by atoms with E-state index in [1.165, 1.54) is 6.42 Å². The fourth-order valence-electron chi connectivity index (χ4n) is 1.98. The summed E-state index contributed by atoms with van der Waals surface area (Å²) in [6.07, 6.45) is 2.87. The van der Waals surface area contributed by atoms with Crippen molar-refractivity contribution in [2.75, 3.05) is 19.6 Å². The zero-order chi connectivity index (χ0) is 9.80. The fourth-order valence-corrected chi connectivity index (χ4v) is 1.98. The molecule has 0 amide bonds. The van der Waals surface area contributed by atoms with E-state index in [2.05, 4.69) is 22.3 Å². The first-order valence-corrected chi connectivity index (χ1v) is 5.23. The molecule has 0 saturated carbocycles. The number of aromatic nitrogens is 1. The van der Waals surface area contributed by atoms with Crippen molar-refractivity contribution in [1.29, 1.82) is 0 Å². The first-order chi connectivity index (χ1) is 6.88. The lowest BCUT2D eigenvalue weighted by molar-refractivity contribution is 0.305. The largest absolute Gasteiger partial charge is 0.364 e. The van der Waals surface area contributed by atoms with Crippen LogP contribution in [0.2, 0.25) is 0 Å². The van der Waals surface area contributed by atoms with E-state index in [1.54, 1.807) is 6.26 Å². The third-order valence-electron chi connectivity index (χ3n) is 2.64. The van der Waals surface area contributed by atoms with Crippen molar-refractivity contribution in [1.82, 2.24) is 15.4 Å². The minimum atomic E-state index is 0.659. The minimum absolute atomic E-state index is 0.659. The first-order valence-electron chi connectivity index (χ1n) is 5.23. The highest BCUT2D eigenvalue weighted by atomic mass is 16.5. The normalized spacial score (nSPS) is 23.1. The second kappa shape index (κ2) is 4.57. The maximum atomic E-state index is 4.81. The molecule has 2 heterocycles. The average Bonchev–Trinajstić information content (AvgIpc) is 2.79. The van der Waals surface area contributed by atoms with Gasteiger partial charge in [-0.1, -0.05) is 12.1 Å². The number of nitrogens with zero attached hydrogens (tertiary/aromatic N) is 2. The lowest BCUT2D eigenvalue weighted by Gasteiger charge is -2.14. The van der Waals surface area contributed by atoms with Gasteiger partial charge in [0.1, 0.15) is 6.26 Å². The average molecular weight is 195 g/mol. The van der Waals surface area contributed by atoms with Gasteiger partial charge in [0, 0.05) is 31.7 Å². The molecule has 78 valence electrons. The molecule has 1 N–H and O–H groups in total. The summed E-state index contributed by atoms with van der Waals surface area (Å²) in [4.78, 5) is 2.41. The Balaban J connectivity index is 1.79. The van der Waals surface area contributed by atoms with Crippen LogP contribution in [0.15, 0.2) is 16.9 Å². The third kappa shape index (κ3) is 2.33. The quantitative estimate of drug-likeness (QED) is 0.773. The van der Waals surface area contributed by atoms with Gasteiger partial charge in [-0.2, -0.15) is 0 Å². The van der Waals surface area contributed by atoms with E-state index in [4.69, 9.17) is 4.52 Å². The molecule has 0 aromatic carbocycles. The highest BCUT2D eigenvalue weighted by Gasteiger charge is 2.21. The minimum Gasteiger partial charge on any atom is -0.364 e. The molecule has 4 nitrogen and oxygen atoms in total. The molecular weight excluding hydrogens is 178 g/mol. The molecule has 0 spiro atoms. The Morgan fingerprint density at radius 2 is 2.64 bits per heavy atom. The lowest BCUT2D eigenvalue weighted by Crippen LogP contribution is -2.32. The predicted octanol–water partition coefficient (Wildman–Crippen LogP) is 0.858. The monoisotopic (exact) mass is 195 g/mol. The van der Waals surface area contributed by atoms with Gasteiger partial charge in [0.15, 0.2) is 0 Å². The predicted molar refractivity (Wildman–Crippen MR) is 53.9 cm³/mol. The Hall–Kier alpha value is -0.870. The Morgan fingerprint density at radius 3 is 3.36 bits per heavy atom. The molecule has 1 aromatic heterocycles. The SMILES string of the molecule is CCNC1CCN(Cc2ccon2)C1. The van der Waals surface area contributed by atoms with E-state index >= 15 is 0 Å². The second-order valence-electron chi connectivity index (χ2n) is 3.77. The number of likely N-dealkylation sites (tertiary alicyclic amines) is 1. The van der Waals surface area contributed by atoms with Crippen molar-refractivity contribution in [2.24, 2.45) is 0 Å². The van der Waals surface area contributed by atoms with Crippen LogP contribution in [0.25, 0.3) is 0 Å². The van der Waals surface area contributed by atoms with Crippen molar-refractivity contribution in [3.05, 3.63) is 18.0 Å². The number of likely N-dealkylation sites (N-methyl/N-ethyl adjacent to an activating group) is 1. The smallest absolute Gasteiger partial charge is 0.124 e. The first kappa shape index (κ1) is 9.68. The van der Waals surface area contributed by atoms with Crippen LogP contribution in [0, 0.1) is 0 Å². The summed E-state index contributed by atoms with van der Waals surface area (Å²) in [5.74, 6) is 0. The third-order valence-corrected chi connectivity index (χ3v) is 2.64. The van der Waals surface area contributed by atoms with E-state index in [0.717, 1.165) is 31.9 Å². The van der Waals surface area contributed by atoms with Gasteiger partial charge in [0.2, 0.25) is 0 Å². The molecule has 0 radical (unpaired) electrons. The Labute approximate surface area is 84.3 Å². The topological polar surface area (TPSA) is 41.3 Å². The Morgan fingerprint density at radius 1 is 1.71 bits per heavy atom. The van der Waals surface area contributed by atoms with Crippen LogP contribution in [-0.2, 0) is 6.54 Å². The summed E-state index contributed by atoms with van der Waals surface area (Å²) in [5, 5.41) is 7.38. The zero-order valence-electron chi connectivity index (χ0n) is 8.57. The van der Waals surface area contributed by atoms with Crippen molar-refractivity contribution in [3.8, 4) is 0 Å². The number of rotatable bonds is 4. The molecule has 1 unspecified atom stereocenters. The maximum Gasteiger partial charge on any atom is 0.124 e. The van der Waals surface area contributed by atoms with Crippen LogP contribution in [0.1, 0.15) is 19.0 Å². The van der Waals surface area contributed by atoms with Crippen LogP contribution in [-0.4, -0.2) is 35.7 Å². The van der Waals surface area contributed by atoms with Gasteiger partial charge in [-0.3, -0.25) is 4.90 Å². The van der Waals surface area contributed by atoms with Gasteiger partial charge >= 0.3 is 0 Å². The molecule has 1 aliphatic heterocycles. The van der Waals surface area contributed by atoms with E-state index in [0.29, 0.717) is 6.04 Å². The van der Waals surface area contributed by atoms with Gasteiger partial charge in [0.05, 0.1) is 5.69 Å². The van der Waals surface area contributed by atoms with Crippen molar-refractivity contribution >= 4 is 0 Å². The lowest BCUT2D eigenvalue weighted by atomic mass is 10.3. The van der Waals surface area contributed by atoms with Crippen LogP contribution in [0.4, 0.5) is 0 Å². The van der Waals surface area contributed by atoms with E-state index < -0.39 is 0 Å². The van der Waals surface area contributed by atoms with Crippen LogP contribution in [0.5, 0.6) is 0 Å². The van der Waals surface area contributed by atoms with Gasteiger partial charge in [-0.05, 0) is 13.0 Å². The molecule has 1 saturated heterocycles. The van der Waals surface area contributed by atoms with Crippen molar-refractivity contribution < 1.29 is 4.52 Å². The molecule has 0 aliphatic carbocycles. The van der Waals surface area contributed by atoms with Crippen LogP contribution < -0.4 is 5.32 Å². The van der Waals surface area contributed by atoms with Gasteiger partial charge in [-0.15, -0.1) is 0 Å². The Kier molecular flexibility index (Phi) is 3.16. The summed E-state index contributed by atoms with van der Waals surface area (Å²) >= 11 is 0. The molecule has 1 aliphatic rings. The summed E-state index contributed by atoms with van der Waals surface area (Å²) in [5.41, 5.74) is 1.03. The summed E-state index contributed by atoms with van der Waals surface area (Å²) in [7, 11) is 0. The van der Waals surface area contributed by atoms with Crippen LogP contribution >= 0.6 is 0 Å². The number of hydrogen-bond acceptors (Lipinski definition) is 4. The molecule has 2 rings (SSSR count). The van der Waals surface area contributed by atoms with E-state index in [-0.39, 0.29) is 0 Å². The number of nitrogens with one attached hydrogen (secondary N) is 1. The van der Waals surface area contributed by atoms with Crippen LogP contribution in [0.3, 0.4) is 0 Å². The maximum absolute atomic E-state index is 4.81.